The monoisotopic (exact) mass is 354 g/mol. The van der Waals surface area contributed by atoms with Crippen molar-refractivity contribution in [2.45, 2.75) is 12.6 Å². The second kappa shape index (κ2) is 7.63. The van der Waals surface area contributed by atoms with Gasteiger partial charge in [-0.25, -0.2) is 4.79 Å². The Morgan fingerprint density at radius 2 is 2.00 bits per heavy atom. The number of hydrogen-bond donors (Lipinski definition) is 2. The Hall–Kier alpha value is -2.77. The van der Waals surface area contributed by atoms with E-state index < -0.39 is 5.97 Å². The van der Waals surface area contributed by atoms with E-state index in [2.05, 4.69) is 9.88 Å². The fraction of sp³-hybridized carbons (Fsp3) is 0.316. The van der Waals surface area contributed by atoms with Crippen LogP contribution in [-0.4, -0.2) is 64.5 Å². The maximum atomic E-state index is 11.5. The number of carbonyl (C=O) groups excluding carboxylic acids is 1. The summed E-state index contributed by atoms with van der Waals surface area (Å²) in [6, 6.07) is 10.4. The van der Waals surface area contributed by atoms with Gasteiger partial charge in [0.05, 0.1) is 11.3 Å². The van der Waals surface area contributed by atoms with Gasteiger partial charge in [0.25, 0.3) is 0 Å². The van der Waals surface area contributed by atoms with Crippen LogP contribution in [0.15, 0.2) is 42.6 Å². The highest BCUT2D eigenvalue weighted by molar-refractivity contribution is 5.95. The first-order valence-electron chi connectivity index (χ1n) is 8.45. The van der Waals surface area contributed by atoms with Crippen molar-refractivity contribution < 1.29 is 14.7 Å². The predicted octanol–water partition coefficient (Wildman–Crippen LogP) is 1.05. The summed E-state index contributed by atoms with van der Waals surface area (Å²) < 4.78 is 0. The second-order valence-corrected chi connectivity index (χ2v) is 6.52. The van der Waals surface area contributed by atoms with Crippen molar-refractivity contribution in [1.82, 2.24) is 14.8 Å². The number of aromatic carboxylic acids is 1. The number of carboxylic acids is 1. The molecule has 0 saturated carbocycles. The largest absolute Gasteiger partial charge is 0.478 e. The van der Waals surface area contributed by atoms with Crippen LogP contribution >= 0.6 is 0 Å². The molecule has 0 radical (unpaired) electrons. The smallest absolute Gasteiger partial charge is 0.336 e. The number of nitrogens with zero attached hydrogens (tertiary/aromatic N) is 3. The number of benzene rings is 1. The number of carbonyl (C=O) groups is 2. The van der Waals surface area contributed by atoms with E-state index in [0.717, 1.165) is 24.3 Å². The SMILES string of the molecule is CN1CCN(Cc2ccc(-c3ccccc3C(=O)O)cn2)C[C@H]1C(N)=O. The third-order valence-electron chi connectivity index (χ3n) is 4.74. The fourth-order valence-electron chi connectivity index (χ4n) is 3.21. The first kappa shape index (κ1) is 18.0. The van der Waals surface area contributed by atoms with Crippen LogP contribution in [0.4, 0.5) is 0 Å². The third kappa shape index (κ3) is 3.89. The number of aromatic nitrogens is 1. The van der Waals surface area contributed by atoms with E-state index in [4.69, 9.17) is 5.73 Å². The molecular weight excluding hydrogens is 332 g/mol. The fourth-order valence-corrected chi connectivity index (χ4v) is 3.21. The molecule has 1 fully saturated rings. The molecule has 1 amide bonds. The van der Waals surface area contributed by atoms with Crippen molar-refractivity contribution in [3.8, 4) is 11.1 Å². The number of carboxylic acid groups (broad SMARTS) is 1. The van der Waals surface area contributed by atoms with Crippen LogP contribution in [0.25, 0.3) is 11.1 Å². The molecule has 0 bridgehead atoms. The quantitative estimate of drug-likeness (QED) is 0.832. The van der Waals surface area contributed by atoms with Crippen LogP contribution in [0.3, 0.4) is 0 Å². The maximum absolute atomic E-state index is 11.5. The van der Waals surface area contributed by atoms with Crippen molar-refractivity contribution in [2.24, 2.45) is 5.73 Å². The molecule has 1 atom stereocenters. The van der Waals surface area contributed by atoms with Crippen LogP contribution in [0.1, 0.15) is 16.1 Å². The Labute approximate surface area is 152 Å². The standard InChI is InChI=1S/C19H22N4O3/c1-22-8-9-23(12-17(22)18(20)24)11-14-7-6-13(10-21-14)15-4-2-3-5-16(15)19(25)26/h2-7,10,17H,8-9,11-12H2,1H3,(H2,20,24)(H,25,26)/t17-/m0/s1. The summed E-state index contributed by atoms with van der Waals surface area (Å²) >= 11 is 0. The van der Waals surface area contributed by atoms with Crippen molar-refractivity contribution in [2.75, 3.05) is 26.7 Å². The molecule has 1 aliphatic rings. The summed E-state index contributed by atoms with van der Waals surface area (Å²) in [4.78, 5) is 31.5. The Bertz CT molecular complexity index is 807. The van der Waals surface area contributed by atoms with E-state index in [0.29, 0.717) is 18.7 Å². The molecule has 0 spiro atoms. The lowest BCUT2D eigenvalue weighted by molar-refractivity contribution is -0.125. The van der Waals surface area contributed by atoms with Gasteiger partial charge in [-0.15, -0.1) is 0 Å². The van der Waals surface area contributed by atoms with Crippen LogP contribution in [-0.2, 0) is 11.3 Å². The maximum Gasteiger partial charge on any atom is 0.336 e. The molecule has 26 heavy (non-hydrogen) atoms. The summed E-state index contributed by atoms with van der Waals surface area (Å²) in [5.74, 6) is -1.27. The summed E-state index contributed by atoms with van der Waals surface area (Å²) in [6.07, 6.45) is 1.69. The number of amides is 1. The molecule has 3 N–H and O–H groups in total. The van der Waals surface area contributed by atoms with Crippen LogP contribution in [0.5, 0.6) is 0 Å². The number of nitrogens with two attached hydrogens (primary N) is 1. The topological polar surface area (TPSA) is 99.8 Å². The lowest BCUT2D eigenvalue weighted by atomic mass is 10.0. The lowest BCUT2D eigenvalue weighted by Gasteiger charge is -2.37. The van der Waals surface area contributed by atoms with Gasteiger partial charge >= 0.3 is 5.97 Å². The zero-order valence-electron chi connectivity index (χ0n) is 14.6. The molecule has 1 saturated heterocycles. The molecule has 1 aromatic heterocycles. The molecule has 0 unspecified atom stereocenters. The summed E-state index contributed by atoms with van der Waals surface area (Å²) in [6.45, 7) is 2.82. The highest BCUT2D eigenvalue weighted by Gasteiger charge is 2.28. The van der Waals surface area contributed by atoms with Crippen molar-refractivity contribution in [3.63, 3.8) is 0 Å². The number of rotatable bonds is 5. The Kier molecular flexibility index (Phi) is 5.29. The van der Waals surface area contributed by atoms with Crippen molar-refractivity contribution in [3.05, 3.63) is 53.9 Å². The highest BCUT2D eigenvalue weighted by atomic mass is 16.4. The van der Waals surface area contributed by atoms with E-state index >= 15 is 0 Å². The molecule has 7 nitrogen and oxygen atoms in total. The van der Waals surface area contributed by atoms with Crippen LogP contribution in [0, 0.1) is 0 Å². The normalized spacial score (nSPS) is 18.6. The van der Waals surface area contributed by atoms with E-state index in [-0.39, 0.29) is 17.5 Å². The van der Waals surface area contributed by atoms with Gasteiger partial charge in [-0.1, -0.05) is 24.3 Å². The van der Waals surface area contributed by atoms with Gasteiger partial charge in [-0.3, -0.25) is 19.6 Å². The average molecular weight is 354 g/mol. The highest BCUT2D eigenvalue weighted by Crippen LogP contribution is 2.23. The lowest BCUT2D eigenvalue weighted by Crippen LogP contribution is -2.56. The third-order valence-corrected chi connectivity index (χ3v) is 4.74. The van der Waals surface area contributed by atoms with Crippen LogP contribution in [0.2, 0.25) is 0 Å². The van der Waals surface area contributed by atoms with Gasteiger partial charge in [-0.05, 0) is 24.7 Å². The summed E-state index contributed by atoms with van der Waals surface area (Å²) in [5, 5.41) is 9.32. The van der Waals surface area contributed by atoms with E-state index in [1.807, 2.05) is 30.1 Å². The van der Waals surface area contributed by atoms with Gasteiger partial charge in [0.2, 0.25) is 5.91 Å². The number of hydrogen-bond acceptors (Lipinski definition) is 5. The second-order valence-electron chi connectivity index (χ2n) is 6.52. The van der Waals surface area contributed by atoms with E-state index in [9.17, 15) is 14.7 Å². The van der Waals surface area contributed by atoms with Gasteiger partial charge in [0.15, 0.2) is 0 Å². The minimum absolute atomic E-state index is 0.255. The molecule has 136 valence electrons. The number of primary amides is 1. The molecular formula is C19H22N4O3. The molecule has 7 heteroatoms. The Morgan fingerprint density at radius 3 is 2.65 bits per heavy atom. The van der Waals surface area contributed by atoms with Crippen molar-refractivity contribution >= 4 is 11.9 Å². The molecule has 0 aliphatic carbocycles. The van der Waals surface area contributed by atoms with Crippen molar-refractivity contribution in [1.29, 1.82) is 0 Å². The number of piperazine rings is 1. The van der Waals surface area contributed by atoms with Crippen LogP contribution < -0.4 is 5.73 Å². The first-order valence-corrected chi connectivity index (χ1v) is 8.45. The van der Waals surface area contributed by atoms with Gasteiger partial charge < -0.3 is 10.8 Å². The van der Waals surface area contributed by atoms with Gasteiger partial charge in [-0.2, -0.15) is 0 Å². The predicted molar refractivity (Wildman–Crippen MR) is 97.5 cm³/mol. The minimum atomic E-state index is -0.959. The number of pyridine rings is 1. The summed E-state index contributed by atoms with van der Waals surface area (Å²) in [7, 11) is 1.90. The van der Waals surface area contributed by atoms with E-state index in [1.165, 1.54) is 0 Å². The van der Waals surface area contributed by atoms with Gasteiger partial charge in [0, 0.05) is 37.9 Å². The van der Waals surface area contributed by atoms with Gasteiger partial charge in [0.1, 0.15) is 6.04 Å². The molecule has 1 aromatic carbocycles. The molecule has 2 aromatic rings. The molecule has 1 aliphatic heterocycles. The first-order chi connectivity index (χ1) is 12.5. The number of likely N-dealkylation sites (N-methyl/N-ethyl adjacent to an activating group) is 1. The molecule has 2 heterocycles. The molecule has 3 rings (SSSR count). The zero-order chi connectivity index (χ0) is 18.7. The zero-order valence-corrected chi connectivity index (χ0v) is 14.6. The average Bonchev–Trinajstić information content (AvgIpc) is 2.63. The van der Waals surface area contributed by atoms with E-state index in [1.54, 1.807) is 24.4 Å². The summed E-state index contributed by atoms with van der Waals surface area (Å²) in [5.41, 5.74) is 8.00. The Balaban J connectivity index is 1.73. The Morgan fingerprint density at radius 1 is 1.23 bits per heavy atom. The minimum Gasteiger partial charge on any atom is -0.478 e.